The second kappa shape index (κ2) is 6.44. The van der Waals surface area contributed by atoms with Crippen molar-refractivity contribution < 1.29 is 17.6 Å². The Morgan fingerprint density at radius 1 is 1.19 bits per heavy atom. The number of aromatic nitrogens is 1. The van der Waals surface area contributed by atoms with Gasteiger partial charge in [0.15, 0.2) is 0 Å². The van der Waals surface area contributed by atoms with Crippen molar-refractivity contribution in [2.75, 3.05) is 5.75 Å². The van der Waals surface area contributed by atoms with Crippen molar-refractivity contribution in [3.63, 3.8) is 0 Å². The van der Waals surface area contributed by atoms with Gasteiger partial charge in [-0.15, -0.1) is 11.8 Å². The number of rotatable bonds is 4. The molecule has 0 aliphatic rings. The fourth-order valence-corrected chi connectivity index (χ4v) is 2.71. The molecule has 1 aromatic heterocycles. The highest BCUT2D eigenvalue weighted by Crippen LogP contribution is 2.35. The molecule has 112 valence electrons. The topological polar surface area (TPSA) is 38.9 Å². The van der Waals surface area contributed by atoms with Crippen LogP contribution in [0.15, 0.2) is 47.6 Å². The standard InChI is InChI=1S/C14H12F4N2S/c15-11-3-1-2-4-13(11)21-8-12(19)9-7-20-6-5-10(9)14(16,17)18/h1-7,12H,8,19H2. The molecule has 0 saturated heterocycles. The number of nitrogens with zero attached hydrogens (tertiary/aromatic N) is 1. The molecule has 2 nitrogen and oxygen atoms in total. The fourth-order valence-electron chi connectivity index (χ4n) is 1.79. The monoisotopic (exact) mass is 316 g/mol. The summed E-state index contributed by atoms with van der Waals surface area (Å²) >= 11 is 1.07. The molecule has 2 aromatic rings. The van der Waals surface area contributed by atoms with Crippen molar-refractivity contribution in [2.45, 2.75) is 17.1 Å². The molecule has 1 heterocycles. The van der Waals surface area contributed by atoms with E-state index in [1.807, 2.05) is 0 Å². The van der Waals surface area contributed by atoms with Crippen LogP contribution in [0.2, 0.25) is 0 Å². The summed E-state index contributed by atoms with van der Waals surface area (Å²) in [7, 11) is 0. The first kappa shape index (κ1) is 15.8. The second-order valence-electron chi connectivity index (χ2n) is 4.31. The summed E-state index contributed by atoms with van der Waals surface area (Å²) in [6, 6.07) is 6.05. The van der Waals surface area contributed by atoms with E-state index in [1.54, 1.807) is 18.2 Å². The van der Waals surface area contributed by atoms with E-state index < -0.39 is 23.6 Å². The largest absolute Gasteiger partial charge is 0.416 e. The van der Waals surface area contributed by atoms with Gasteiger partial charge in [0.2, 0.25) is 0 Å². The molecule has 1 aromatic carbocycles. The maximum atomic E-state index is 13.5. The van der Waals surface area contributed by atoms with Crippen LogP contribution in [0.4, 0.5) is 17.6 Å². The summed E-state index contributed by atoms with van der Waals surface area (Å²) in [6.07, 6.45) is -2.31. The average molecular weight is 316 g/mol. The quantitative estimate of drug-likeness (QED) is 0.684. The van der Waals surface area contributed by atoms with Crippen LogP contribution in [0.5, 0.6) is 0 Å². The number of benzene rings is 1. The van der Waals surface area contributed by atoms with E-state index in [0.29, 0.717) is 4.90 Å². The van der Waals surface area contributed by atoms with Gasteiger partial charge in [-0.25, -0.2) is 4.39 Å². The summed E-state index contributed by atoms with van der Waals surface area (Å²) in [5.74, 6) is -0.299. The number of hydrogen-bond donors (Lipinski definition) is 1. The minimum atomic E-state index is -4.49. The van der Waals surface area contributed by atoms with E-state index in [2.05, 4.69) is 4.98 Å². The van der Waals surface area contributed by atoms with Gasteiger partial charge in [-0.2, -0.15) is 13.2 Å². The molecule has 1 unspecified atom stereocenters. The molecule has 0 saturated carbocycles. The Morgan fingerprint density at radius 2 is 1.90 bits per heavy atom. The van der Waals surface area contributed by atoms with E-state index in [1.165, 1.54) is 6.07 Å². The molecule has 1 atom stereocenters. The van der Waals surface area contributed by atoms with Gasteiger partial charge in [0.05, 0.1) is 5.56 Å². The Morgan fingerprint density at radius 3 is 2.57 bits per heavy atom. The average Bonchev–Trinajstić information content (AvgIpc) is 2.45. The van der Waals surface area contributed by atoms with Crippen molar-refractivity contribution in [3.05, 3.63) is 59.7 Å². The van der Waals surface area contributed by atoms with Crippen LogP contribution in [0, 0.1) is 5.82 Å². The second-order valence-corrected chi connectivity index (χ2v) is 5.37. The van der Waals surface area contributed by atoms with E-state index in [0.717, 1.165) is 30.2 Å². The zero-order valence-electron chi connectivity index (χ0n) is 10.8. The number of alkyl halides is 3. The number of thioether (sulfide) groups is 1. The van der Waals surface area contributed by atoms with Crippen molar-refractivity contribution >= 4 is 11.8 Å². The Labute approximate surface area is 123 Å². The fraction of sp³-hybridized carbons (Fsp3) is 0.214. The lowest BCUT2D eigenvalue weighted by molar-refractivity contribution is -0.138. The Kier molecular flexibility index (Phi) is 4.84. The predicted molar refractivity (Wildman–Crippen MR) is 73.3 cm³/mol. The summed E-state index contributed by atoms with van der Waals surface area (Å²) in [6.45, 7) is 0. The molecule has 2 N–H and O–H groups in total. The summed E-state index contributed by atoms with van der Waals surface area (Å²) in [5, 5.41) is 0. The number of halogens is 4. The van der Waals surface area contributed by atoms with Gasteiger partial charge in [0, 0.05) is 34.6 Å². The van der Waals surface area contributed by atoms with Gasteiger partial charge in [-0.3, -0.25) is 4.98 Å². The highest BCUT2D eigenvalue weighted by Gasteiger charge is 2.34. The molecule has 7 heteroatoms. The van der Waals surface area contributed by atoms with Gasteiger partial charge in [0.1, 0.15) is 5.82 Å². The van der Waals surface area contributed by atoms with Crippen LogP contribution >= 0.6 is 11.8 Å². The first-order chi connectivity index (χ1) is 9.89. The third kappa shape index (κ3) is 3.95. The Balaban J connectivity index is 2.15. The number of nitrogens with two attached hydrogens (primary N) is 1. The van der Waals surface area contributed by atoms with Crippen LogP contribution in [-0.4, -0.2) is 10.7 Å². The van der Waals surface area contributed by atoms with Crippen molar-refractivity contribution in [1.29, 1.82) is 0 Å². The third-order valence-corrected chi connectivity index (χ3v) is 3.98. The maximum absolute atomic E-state index is 13.5. The van der Waals surface area contributed by atoms with Crippen molar-refractivity contribution in [2.24, 2.45) is 5.73 Å². The minimum Gasteiger partial charge on any atom is -0.323 e. The Bertz CT molecular complexity index is 616. The summed E-state index contributed by atoms with van der Waals surface area (Å²) in [5.41, 5.74) is 4.91. The Hall–Kier alpha value is -1.60. The molecule has 0 spiro atoms. The molecule has 0 bridgehead atoms. The van der Waals surface area contributed by atoms with Crippen LogP contribution in [-0.2, 0) is 6.18 Å². The molecule has 0 aliphatic carbocycles. The molecule has 2 rings (SSSR count). The van der Waals surface area contributed by atoms with E-state index in [4.69, 9.17) is 5.73 Å². The van der Waals surface area contributed by atoms with Gasteiger partial charge in [-0.05, 0) is 18.2 Å². The van der Waals surface area contributed by atoms with E-state index in [-0.39, 0.29) is 11.3 Å². The first-order valence-electron chi connectivity index (χ1n) is 6.03. The molecule has 0 amide bonds. The van der Waals surface area contributed by atoms with Gasteiger partial charge < -0.3 is 5.73 Å². The normalized spacial score (nSPS) is 13.2. The molecule has 0 fully saturated rings. The molecule has 21 heavy (non-hydrogen) atoms. The molecule has 0 radical (unpaired) electrons. The SMILES string of the molecule is NC(CSc1ccccc1F)c1cnccc1C(F)(F)F. The maximum Gasteiger partial charge on any atom is 0.416 e. The van der Waals surface area contributed by atoms with E-state index in [9.17, 15) is 17.6 Å². The minimum absolute atomic E-state index is 0.0890. The van der Waals surface area contributed by atoms with Crippen LogP contribution < -0.4 is 5.73 Å². The highest BCUT2D eigenvalue weighted by atomic mass is 32.2. The van der Waals surface area contributed by atoms with Crippen molar-refractivity contribution in [3.8, 4) is 0 Å². The predicted octanol–water partition coefficient (Wildman–Crippen LogP) is 4.03. The van der Waals surface area contributed by atoms with Gasteiger partial charge in [-0.1, -0.05) is 12.1 Å². The zero-order chi connectivity index (χ0) is 15.5. The van der Waals surface area contributed by atoms with Gasteiger partial charge >= 0.3 is 6.18 Å². The molecular weight excluding hydrogens is 304 g/mol. The van der Waals surface area contributed by atoms with Crippen LogP contribution in [0.25, 0.3) is 0 Å². The lowest BCUT2D eigenvalue weighted by atomic mass is 10.0. The summed E-state index contributed by atoms with van der Waals surface area (Å²) < 4.78 is 52.1. The molecular formula is C14H12F4N2S. The summed E-state index contributed by atoms with van der Waals surface area (Å²) in [4.78, 5) is 4.04. The molecule has 0 aliphatic heterocycles. The third-order valence-electron chi connectivity index (χ3n) is 2.81. The van der Waals surface area contributed by atoms with E-state index >= 15 is 0 Å². The highest BCUT2D eigenvalue weighted by molar-refractivity contribution is 7.99. The van der Waals surface area contributed by atoms with Crippen LogP contribution in [0.1, 0.15) is 17.2 Å². The number of hydrogen-bond acceptors (Lipinski definition) is 3. The van der Waals surface area contributed by atoms with Gasteiger partial charge in [0.25, 0.3) is 0 Å². The smallest absolute Gasteiger partial charge is 0.323 e. The van der Waals surface area contributed by atoms with Crippen molar-refractivity contribution in [1.82, 2.24) is 4.98 Å². The lowest BCUT2D eigenvalue weighted by Crippen LogP contribution is -2.19. The number of pyridine rings is 1. The lowest BCUT2D eigenvalue weighted by Gasteiger charge is -2.17. The van der Waals surface area contributed by atoms with Crippen LogP contribution in [0.3, 0.4) is 0 Å². The first-order valence-corrected chi connectivity index (χ1v) is 7.02. The zero-order valence-corrected chi connectivity index (χ0v) is 11.6.